The molecule has 1 aliphatic carbocycles. The van der Waals surface area contributed by atoms with Gasteiger partial charge in [0.2, 0.25) is 11.8 Å². The minimum absolute atomic E-state index is 0.00228. The predicted octanol–water partition coefficient (Wildman–Crippen LogP) is 3.07. The van der Waals surface area contributed by atoms with Crippen molar-refractivity contribution in [3.05, 3.63) is 35.9 Å². The number of unbranched alkanes of at least 4 members (excludes halogenated alkanes) is 1. The molecule has 2 rings (SSSR count). The summed E-state index contributed by atoms with van der Waals surface area (Å²) < 4.78 is 0. The number of rotatable bonds is 8. The lowest BCUT2D eigenvalue weighted by atomic mass is 10.0. The van der Waals surface area contributed by atoms with E-state index < -0.39 is 5.41 Å². The normalized spacial score (nSPS) is 15.1. The third kappa shape index (κ3) is 3.92. The molecule has 1 fully saturated rings. The summed E-state index contributed by atoms with van der Waals surface area (Å²) in [6.07, 6.45) is 3.40. The fourth-order valence-corrected chi connectivity index (χ4v) is 2.94. The first-order chi connectivity index (χ1) is 11.0. The van der Waals surface area contributed by atoms with Gasteiger partial charge in [-0.3, -0.25) is 9.59 Å². The van der Waals surface area contributed by atoms with E-state index in [1.54, 1.807) is 4.90 Å². The van der Waals surface area contributed by atoms with E-state index in [0.29, 0.717) is 25.9 Å². The van der Waals surface area contributed by atoms with Gasteiger partial charge in [0.25, 0.3) is 0 Å². The van der Waals surface area contributed by atoms with Gasteiger partial charge in [-0.05, 0) is 31.7 Å². The van der Waals surface area contributed by atoms with Crippen LogP contribution in [0.2, 0.25) is 0 Å². The van der Waals surface area contributed by atoms with E-state index in [1.165, 1.54) is 0 Å². The van der Waals surface area contributed by atoms with Crippen LogP contribution < -0.4 is 0 Å². The number of nitrogens with zero attached hydrogens (tertiary/aromatic N) is 2. The molecular formula is C19H28N2O2. The Labute approximate surface area is 139 Å². The molecule has 4 nitrogen and oxygen atoms in total. The van der Waals surface area contributed by atoms with E-state index in [4.69, 9.17) is 0 Å². The fraction of sp³-hybridized carbons (Fsp3) is 0.579. The van der Waals surface area contributed by atoms with Crippen LogP contribution in [0, 0.1) is 5.41 Å². The maximum Gasteiger partial charge on any atom is 0.238 e. The highest BCUT2D eigenvalue weighted by atomic mass is 16.2. The predicted molar refractivity (Wildman–Crippen MR) is 91.7 cm³/mol. The van der Waals surface area contributed by atoms with Crippen molar-refractivity contribution < 1.29 is 9.59 Å². The lowest BCUT2D eigenvalue weighted by Gasteiger charge is -2.28. The van der Waals surface area contributed by atoms with Gasteiger partial charge in [0.1, 0.15) is 5.41 Å². The first-order valence-corrected chi connectivity index (χ1v) is 8.64. The summed E-state index contributed by atoms with van der Waals surface area (Å²) in [5.41, 5.74) is 0.318. The molecule has 1 aliphatic rings. The van der Waals surface area contributed by atoms with Gasteiger partial charge in [-0.25, -0.2) is 0 Å². The monoisotopic (exact) mass is 316 g/mol. The molecule has 0 aromatic heterocycles. The molecule has 0 unspecified atom stereocenters. The third-order valence-corrected chi connectivity index (χ3v) is 4.65. The van der Waals surface area contributed by atoms with Crippen molar-refractivity contribution in [2.75, 3.05) is 20.1 Å². The number of hydrogen-bond donors (Lipinski definition) is 0. The van der Waals surface area contributed by atoms with Crippen LogP contribution in [-0.4, -0.2) is 41.8 Å². The molecule has 0 saturated heterocycles. The zero-order chi connectivity index (χ0) is 16.9. The van der Waals surface area contributed by atoms with Crippen molar-refractivity contribution in [1.82, 2.24) is 9.80 Å². The Morgan fingerprint density at radius 3 is 2.26 bits per heavy atom. The maximum absolute atomic E-state index is 13.0. The molecule has 1 aromatic rings. The summed E-state index contributed by atoms with van der Waals surface area (Å²) in [6.45, 7) is 6.01. The number of carbonyl (C=O) groups excluding carboxylic acids is 2. The van der Waals surface area contributed by atoms with E-state index in [2.05, 4.69) is 6.92 Å². The van der Waals surface area contributed by atoms with Crippen molar-refractivity contribution in [2.24, 2.45) is 5.41 Å². The lowest BCUT2D eigenvalue weighted by molar-refractivity contribution is -0.149. The van der Waals surface area contributed by atoms with Crippen molar-refractivity contribution in [1.29, 1.82) is 0 Å². The molecule has 126 valence electrons. The Kier molecular flexibility index (Phi) is 5.80. The molecule has 4 heteroatoms. The molecule has 0 atom stereocenters. The molecule has 0 N–H and O–H groups in total. The molecule has 0 radical (unpaired) electrons. The fourth-order valence-electron chi connectivity index (χ4n) is 2.94. The number of amides is 2. The van der Waals surface area contributed by atoms with Gasteiger partial charge in [0.15, 0.2) is 0 Å². The van der Waals surface area contributed by atoms with Crippen molar-refractivity contribution in [3.63, 3.8) is 0 Å². The Hall–Kier alpha value is -1.84. The summed E-state index contributed by atoms with van der Waals surface area (Å²) >= 11 is 0. The second-order valence-corrected chi connectivity index (χ2v) is 6.47. The molecule has 1 aromatic carbocycles. The van der Waals surface area contributed by atoms with E-state index in [9.17, 15) is 9.59 Å². The van der Waals surface area contributed by atoms with Crippen LogP contribution >= 0.6 is 0 Å². The minimum atomic E-state index is -0.784. The van der Waals surface area contributed by atoms with Gasteiger partial charge in [-0.2, -0.15) is 0 Å². The molecule has 0 spiro atoms. The highest BCUT2D eigenvalue weighted by Crippen LogP contribution is 2.48. The molecule has 0 bridgehead atoms. The van der Waals surface area contributed by atoms with Gasteiger partial charge < -0.3 is 9.80 Å². The summed E-state index contributed by atoms with van der Waals surface area (Å²) in [7, 11) is 1.82. The van der Waals surface area contributed by atoms with Crippen LogP contribution in [0.15, 0.2) is 30.3 Å². The van der Waals surface area contributed by atoms with Crippen molar-refractivity contribution >= 4 is 11.8 Å². The van der Waals surface area contributed by atoms with Crippen LogP contribution in [0.3, 0.4) is 0 Å². The summed E-state index contributed by atoms with van der Waals surface area (Å²) in [6, 6.07) is 9.96. The molecular weight excluding hydrogens is 288 g/mol. The molecule has 0 aliphatic heterocycles. The second-order valence-electron chi connectivity index (χ2n) is 6.47. The van der Waals surface area contributed by atoms with Crippen LogP contribution in [0.5, 0.6) is 0 Å². The molecule has 1 saturated carbocycles. The zero-order valence-electron chi connectivity index (χ0n) is 14.5. The Morgan fingerprint density at radius 1 is 1.09 bits per heavy atom. The number of carbonyl (C=O) groups is 2. The van der Waals surface area contributed by atoms with Crippen molar-refractivity contribution in [2.45, 2.75) is 46.1 Å². The number of benzene rings is 1. The SMILES string of the molecule is CCCCN(C)C(=O)C1(C(=O)N(CC)Cc2ccccc2)CC1. The largest absolute Gasteiger partial charge is 0.345 e. The Balaban J connectivity index is 2.06. The number of hydrogen-bond acceptors (Lipinski definition) is 2. The van der Waals surface area contributed by atoms with E-state index >= 15 is 0 Å². The first kappa shape index (κ1) is 17.5. The highest BCUT2D eigenvalue weighted by Gasteiger charge is 2.58. The standard InChI is InChI=1S/C19H28N2O2/c1-4-6-14-20(3)17(22)19(12-13-19)18(23)21(5-2)15-16-10-8-7-9-11-16/h7-11H,4-6,12-15H2,1-3H3. The summed E-state index contributed by atoms with van der Waals surface area (Å²) in [5, 5.41) is 0. The Bertz CT molecular complexity index is 538. The Morgan fingerprint density at radius 2 is 1.74 bits per heavy atom. The average Bonchev–Trinajstić information content (AvgIpc) is 3.39. The van der Waals surface area contributed by atoms with Gasteiger partial charge in [0, 0.05) is 26.7 Å². The topological polar surface area (TPSA) is 40.6 Å². The quantitative estimate of drug-likeness (QED) is 0.692. The van der Waals surface area contributed by atoms with Crippen LogP contribution in [0.1, 0.15) is 45.1 Å². The van der Waals surface area contributed by atoms with E-state index in [1.807, 2.05) is 49.2 Å². The third-order valence-electron chi connectivity index (χ3n) is 4.65. The van der Waals surface area contributed by atoms with Gasteiger partial charge in [-0.1, -0.05) is 43.7 Å². The lowest BCUT2D eigenvalue weighted by Crippen LogP contribution is -2.45. The zero-order valence-corrected chi connectivity index (χ0v) is 14.5. The van der Waals surface area contributed by atoms with Crippen molar-refractivity contribution in [3.8, 4) is 0 Å². The molecule has 0 heterocycles. The molecule has 23 heavy (non-hydrogen) atoms. The van der Waals surface area contributed by atoms with E-state index in [-0.39, 0.29) is 11.8 Å². The van der Waals surface area contributed by atoms with Crippen LogP contribution in [0.25, 0.3) is 0 Å². The molecule has 2 amide bonds. The smallest absolute Gasteiger partial charge is 0.238 e. The summed E-state index contributed by atoms with van der Waals surface area (Å²) in [4.78, 5) is 29.2. The second kappa shape index (κ2) is 7.62. The van der Waals surface area contributed by atoms with Crippen LogP contribution in [0.4, 0.5) is 0 Å². The van der Waals surface area contributed by atoms with Gasteiger partial charge >= 0.3 is 0 Å². The van der Waals surface area contributed by atoms with Crippen LogP contribution in [-0.2, 0) is 16.1 Å². The minimum Gasteiger partial charge on any atom is -0.345 e. The average molecular weight is 316 g/mol. The van der Waals surface area contributed by atoms with Gasteiger partial charge in [0.05, 0.1) is 0 Å². The summed E-state index contributed by atoms with van der Waals surface area (Å²) in [5.74, 6) is -0.000312. The maximum atomic E-state index is 13.0. The first-order valence-electron chi connectivity index (χ1n) is 8.64. The van der Waals surface area contributed by atoms with Gasteiger partial charge in [-0.15, -0.1) is 0 Å². The highest BCUT2D eigenvalue weighted by molar-refractivity contribution is 6.07. The van der Waals surface area contributed by atoms with E-state index in [0.717, 1.165) is 24.9 Å².